The molecule has 3 heterocycles. The van der Waals surface area contributed by atoms with Crippen LogP contribution in [0.4, 0.5) is 5.82 Å². The summed E-state index contributed by atoms with van der Waals surface area (Å²) in [5, 5.41) is 2.08. The van der Waals surface area contributed by atoms with Gasteiger partial charge in [0, 0.05) is 38.8 Å². The third kappa shape index (κ3) is 3.47. The van der Waals surface area contributed by atoms with E-state index in [1.165, 1.54) is 10.4 Å². The molecule has 0 amide bonds. The molecular weight excluding hydrogens is 316 g/mol. The van der Waals surface area contributed by atoms with Crippen molar-refractivity contribution in [1.29, 1.82) is 0 Å². The van der Waals surface area contributed by atoms with Gasteiger partial charge in [0.15, 0.2) is 0 Å². The van der Waals surface area contributed by atoms with E-state index < -0.39 is 0 Å². The van der Waals surface area contributed by atoms with Gasteiger partial charge in [-0.2, -0.15) is 0 Å². The molecule has 0 unspecified atom stereocenters. The van der Waals surface area contributed by atoms with E-state index in [-0.39, 0.29) is 0 Å². The lowest BCUT2D eigenvalue weighted by Crippen LogP contribution is -2.46. The summed E-state index contributed by atoms with van der Waals surface area (Å²) in [5.74, 6) is 1.03. The van der Waals surface area contributed by atoms with Crippen LogP contribution in [0.25, 0.3) is 10.6 Å². The van der Waals surface area contributed by atoms with E-state index in [0.29, 0.717) is 0 Å². The molecule has 24 heavy (non-hydrogen) atoms. The molecule has 1 saturated heterocycles. The summed E-state index contributed by atoms with van der Waals surface area (Å²) in [5.41, 5.74) is 2.40. The van der Waals surface area contributed by atoms with Crippen molar-refractivity contribution in [3.8, 4) is 10.6 Å². The van der Waals surface area contributed by atoms with Gasteiger partial charge >= 0.3 is 0 Å². The molecule has 0 aliphatic carbocycles. The van der Waals surface area contributed by atoms with Crippen LogP contribution >= 0.6 is 11.3 Å². The number of nitrogens with zero attached hydrogens (tertiary/aromatic N) is 4. The summed E-state index contributed by atoms with van der Waals surface area (Å²) in [6, 6.07) is 17.0. The molecule has 4 nitrogen and oxygen atoms in total. The molecule has 1 aliphatic heterocycles. The molecule has 0 bridgehead atoms. The van der Waals surface area contributed by atoms with Crippen molar-refractivity contribution >= 4 is 17.2 Å². The van der Waals surface area contributed by atoms with Gasteiger partial charge in [-0.25, -0.2) is 9.97 Å². The molecule has 0 saturated carbocycles. The highest BCUT2D eigenvalue weighted by Gasteiger charge is 2.18. The zero-order valence-corrected chi connectivity index (χ0v) is 14.3. The summed E-state index contributed by atoms with van der Waals surface area (Å²) in [7, 11) is 0. The molecule has 0 spiro atoms. The molecule has 5 heteroatoms. The van der Waals surface area contributed by atoms with Crippen LogP contribution in [0.2, 0.25) is 0 Å². The predicted octanol–water partition coefficient (Wildman–Crippen LogP) is 3.53. The maximum absolute atomic E-state index is 4.48. The molecule has 1 aromatic carbocycles. The average molecular weight is 336 g/mol. The predicted molar refractivity (Wildman–Crippen MR) is 99.3 cm³/mol. The Bertz CT molecular complexity index is 765. The van der Waals surface area contributed by atoms with Crippen LogP contribution in [0.5, 0.6) is 0 Å². The average Bonchev–Trinajstić information content (AvgIpc) is 3.18. The summed E-state index contributed by atoms with van der Waals surface area (Å²) in [4.78, 5) is 15.0. The zero-order chi connectivity index (χ0) is 16.2. The minimum absolute atomic E-state index is 1.01. The van der Waals surface area contributed by atoms with Crippen molar-refractivity contribution in [1.82, 2.24) is 14.9 Å². The van der Waals surface area contributed by atoms with Crippen LogP contribution < -0.4 is 4.90 Å². The van der Waals surface area contributed by atoms with Gasteiger partial charge in [-0.3, -0.25) is 4.90 Å². The van der Waals surface area contributed by atoms with Crippen molar-refractivity contribution in [3.63, 3.8) is 0 Å². The first kappa shape index (κ1) is 15.3. The van der Waals surface area contributed by atoms with Crippen LogP contribution in [0.1, 0.15) is 5.56 Å². The zero-order valence-electron chi connectivity index (χ0n) is 13.5. The first-order valence-corrected chi connectivity index (χ1v) is 9.13. The third-order valence-electron chi connectivity index (χ3n) is 4.37. The fraction of sp³-hybridized carbons (Fsp3) is 0.263. The Labute approximate surface area is 146 Å². The van der Waals surface area contributed by atoms with E-state index in [9.17, 15) is 0 Å². The Morgan fingerprint density at radius 2 is 1.75 bits per heavy atom. The number of anilines is 1. The first-order valence-electron chi connectivity index (χ1n) is 8.26. The van der Waals surface area contributed by atoms with E-state index in [1.807, 2.05) is 0 Å². The number of rotatable bonds is 4. The van der Waals surface area contributed by atoms with Gasteiger partial charge in [0.2, 0.25) is 0 Å². The van der Waals surface area contributed by atoms with Crippen LogP contribution in [0.15, 0.2) is 60.2 Å². The highest BCUT2D eigenvalue weighted by Crippen LogP contribution is 2.25. The number of benzene rings is 1. The monoisotopic (exact) mass is 336 g/mol. The maximum atomic E-state index is 4.48. The second-order valence-corrected chi connectivity index (χ2v) is 6.94. The van der Waals surface area contributed by atoms with Gasteiger partial charge in [-0.15, -0.1) is 11.3 Å². The molecule has 1 fully saturated rings. The number of thiophene rings is 1. The lowest BCUT2D eigenvalue weighted by atomic mass is 10.2. The van der Waals surface area contributed by atoms with Gasteiger partial charge in [-0.1, -0.05) is 36.4 Å². The van der Waals surface area contributed by atoms with Crippen molar-refractivity contribution in [2.45, 2.75) is 6.54 Å². The molecule has 4 rings (SSSR count). The van der Waals surface area contributed by atoms with E-state index >= 15 is 0 Å². The summed E-state index contributed by atoms with van der Waals surface area (Å²) < 4.78 is 0. The molecule has 3 aromatic rings. The van der Waals surface area contributed by atoms with Gasteiger partial charge in [0.05, 0.1) is 10.6 Å². The Balaban J connectivity index is 1.40. The fourth-order valence-corrected chi connectivity index (χ4v) is 3.75. The van der Waals surface area contributed by atoms with Gasteiger partial charge < -0.3 is 4.90 Å². The van der Waals surface area contributed by atoms with Crippen molar-refractivity contribution in [2.24, 2.45) is 0 Å². The Hall–Kier alpha value is -2.24. The summed E-state index contributed by atoms with van der Waals surface area (Å²) >= 11 is 1.72. The molecule has 0 N–H and O–H groups in total. The Kier molecular flexibility index (Phi) is 4.53. The standard InChI is InChI=1S/C19H20N4S/c1-2-5-16(6-3-1)14-22-8-10-23(11-9-22)19-13-17(20-15-21-19)18-7-4-12-24-18/h1-7,12-13,15H,8-11,14H2. The Morgan fingerprint density at radius 3 is 2.50 bits per heavy atom. The second-order valence-electron chi connectivity index (χ2n) is 5.99. The lowest BCUT2D eigenvalue weighted by molar-refractivity contribution is 0.249. The van der Waals surface area contributed by atoms with Crippen molar-refractivity contribution < 1.29 is 0 Å². The fourth-order valence-electron chi connectivity index (χ4n) is 3.06. The Morgan fingerprint density at radius 1 is 0.917 bits per heavy atom. The van der Waals surface area contributed by atoms with Crippen LogP contribution in [0, 0.1) is 0 Å². The molecule has 2 aromatic heterocycles. The third-order valence-corrected chi connectivity index (χ3v) is 5.26. The summed E-state index contributed by atoms with van der Waals surface area (Å²) in [6.07, 6.45) is 1.68. The van der Waals surface area contributed by atoms with Crippen molar-refractivity contribution in [3.05, 3.63) is 65.8 Å². The van der Waals surface area contributed by atoms with E-state index in [2.05, 4.69) is 73.7 Å². The SMILES string of the molecule is c1ccc(CN2CCN(c3cc(-c4cccs4)ncn3)CC2)cc1. The molecule has 122 valence electrons. The number of hydrogen-bond acceptors (Lipinski definition) is 5. The largest absolute Gasteiger partial charge is 0.354 e. The topological polar surface area (TPSA) is 32.3 Å². The lowest BCUT2D eigenvalue weighted by Gasteiger charge is -2.35. The van der Waals surface area contributed by atoms with Crippen LogP contribution in [-0.4, -0.2) is 41.0 Å². The van der Waals surface area contributed by atoms with Crippen LogP contribution in [-0.2, 0) is 6.54 Å². The smallest absolute Gasteiger partial charge is 0.132 e. The first-order chi connectivity index (χ1) is 11.9. The molecule has 1 aliphatic rings. The van der Waals surface area contributed by atoms with Crippen LogP contribution in [0.3, 0.4) is 0 Å². The molecular formula is C19H20N4S. The van der Waals surface area contributed by atoms with E-state index in [1.54, 1.807) is 17.7 Å². The quantitative estimate of drug-likeness (QED) is 0.730. The number of piperazine rings is 1. The van der Waals surface area contributed by atoms with E-state index in [0.717, 1.165) is 44.2 Å². The normalized spacial score (nSPS) is 15.6. The summed E-state index contributed by atoms with van der Waals surface area (Å²) in [6.45, 7) is 5.17. The molecule has 0 atom stereocenters. The van der Waals surface area contributed by atoms with Crippen molar-refractivity contribution in [2.75, 3.05) is 31.1 Å². The minimum Gasteiger partial charge on any atom is -0.354 e. The van der Waals surface area contributed by atoms with E-state index in [4.69, 9.17) is 0 Å². The van der Waals surface area contributed by atoms with Gasteiger partial charge in [0.25, 0.3) is 0 Å². The highest BCUT2D eigenvalue weighted by molar-refractivity contribution is 7.13. The number of aromatic nitrogens is 2. The second kappa shape index (κ2) is 7.11. The minimum atomic E-state index is 1.01. The maximum Gasteiger partial charge on any atom is 0.132 e. The molecule has 0 radical (unpaired) electrons. The highest BCUT2D eigenvalue weighted by atomic mass is 32.1. The number of hydrogen-bond donors (Lipinski definition) is 0. The van der Waals surface area contributed by atoms with Gasteiger partial charge in [0.1, 0.15) is 12.1 Å². The van der Waals surface area contributed by atoms with Gasteiger partial charge in [-0.05, 0) is 17.0 Å².